The number of hydrogen-bond acceptors (Lipinski definition) is 4. The second kappa shape index (κ2) is 7.50. The second-order valence-electron chi connectivity index (χ2n) is 6.80. The van der Waals surface area contributed by atoms with Gasteiger partial charge < -0.3 is 10.2 Å². The van der Waals surface area contributed by atoms with E-state index in [9.17, 15) is 9.59 Å². The van der Waals surface area contributed by atoms with Gasteiger partial charge in [0.1, 0.15) is 0 Å². The third-order valence-electron chi connectivity index (χ3n) is 4.98. The molecule has 2 amide bonds. The van der Waals surface area contributed by atoms with Crippen molar-refractivity contribution in [1.82, 2.24) is 15.2 Å². The molecule has 0 bridgehead atoms. The number of carbonyl (C=O) groups excluding carboxylic acids is 2. The van der Waals surface area contributed by atoms with E-state index in [1.807, 2.05) is 23.1 Å². The molecule has 1 aliphatic heterocycles. The number of nitrogens with one attached hydrogen (secondary N) is 1. The van der Waals surface area contributed by atoms with Gasteiger partial charge in [-0.15, -0.1) is 0 Å². The molecule has 1 aromatic heterocycles. The SMILES string of the molecule is O=C(CSc1ccccn1)NC1CC(=O)N(C2Cc3ccccc3C2)C1. The molecule has 2 aliphatic rings. The molecule has 2 heterocycles. The van der Waals surface area contributed by atoms with Crippen molar-refractivity contribution in [2.45, 2.75) is 36.4 Å². The second-order valence-corrected chi connectivity index (χ2v) is 7.80. The summed E-state index contributed by atoms with van der Waals surface area (Å²) in [5.74, 6) is 0.414. The number of likely N-dealkylation sites (tertiary alicyclic amines) is 1. The van der Waals surface area contributed by atoms with Gasteiger partial charge in [-0.3, -0.25) is 9.59 Å². The average molecular weight is 367 g/mol. The number of aromatic nitrogens is 1. The molecule has 1 unspecified atom stereocenters. The first kappa shape index (κ1) is 17.1. The first-order valence-electron chi connectivity index (χ1n) is 8.88. The Morgan fingerprint density at radius 2 is 1.85 bits per heavy atom. The molecular formula is C20H21N3O2S. The Balaban J connectivity index is 1.29. The normalized spacial score (nSPS) is 19.6. The van der Waals surface area contributed by atoms with Crippen LogP contribution in [0.4, 0.5) is 0 Å². The Bertz CT molecular complexity index is 787. The number of rotatable bonds is 5. The van der Waals surface area contributed by atoms with Crippen molar-refractivity contribution < 1.29 is 9.59 Å². The van der Waals surface area contributed by atoms with Gasteiger partial charge in [-0.1, -0.05) is 42.1 Å². The maximum atomic E-state index is 12.4. The van der Waals surface area contributed by atoms with Crippen molar-refractivity contribution in [3.63, 3.8) is 0 Å². The molecule has 134 valence electrons. The van der Waals surface area contributed by atoms with Crippen molar-refractivity contribution >= 4 is 23.6 Å². The summed E-state index contributed by atoms with van der Waals surface area (Å²) in [5, 5.41) is 3.83. The largest absolute Gasteiger partial charge is 0.350 e. The number of carbonyl (C=O) groups is 2. The zero-order valence-electron chi connectivity index (χ0n) is 14.4. The van der Waals surface area contributed by atoms with Crippen LogP contribution in [-0.4, -0.2) is 46.1 Å². The topological polar surface area (TPSA) is 62.3 Å². The Labute approximate surface area is 157 Å². The van der Waals surface area contributed by atoms with E-state index in [2.05, 4.69) is 34.6 Å². The third-order valence-corrected chi connectivity index (χ3v) is 5.93. The van der Waals surface area contributed by atoms with Gasteiger partial charge in [-0.25, -0.2) is 4.98 Å². The summed E-state index contributed by atoms with van der Waals surface area (Å²) in [6.45, 7) is 0.609. The van der Waals surface area contributed by atoms with Crippen molar-refractivity contribution in [3.8, 4) is 0 Å². The molecule has 5 nitrogen and oxygen atoms in total. The number of hydrogen-bond donors (Lipinski definition) is 1. The maximum Gasteiger partial charge on any atom is 0.230 e. The van der Waals surface area contributed by atoms with Gasteiger partial charge in [0.25, 0.3) is 0 Å². The summed E-state index contributed by atoms with van der Waals surface area (Å²) in [4.78, 5) is 30.8. The smallest absolute Gasteiger partial charge is 0.230 e. The molecule has 1 atom stereocenters. The summed E-state index contributed by atoms with van der Waals surface area (Å²) in [5.41, 5.74) is 2.68. The van der Waals surface area contributed by atoms with Crippen LogP contribution in [0.2, 0.25) is 0 Å². The maximum absolute atomic E-state index is 12.4. The fourth-order valence-corrected chi connectivity index (χ4v) is 4.45. The molecule has 0 radical (unpaired) electrons. The Morgan fingerprint density at radius 1 is 1.12 bits per heavy atom. The summed E-state index contributed by atoms with van der Waals surface area (Å²) < 4.78 is 0. The highest BCUT2D eigenvalue weighted by atomic mass is 32.2. The van der Waals surface area contributed by atoms with Crippen LogP contribution in [-0.2, 0) is 22.4 Å². The van der Waals surface area contributed by atoms with Gasteiger partial charge >= 0.3 is 0 Å². The fraction of sp³-hybridized carbons (Fsp3) is 0.350. The third kappa shape index (κ3) is 3.75. The van der Waals surface area contributed by atoms with E-state index in [1.165, 1.54) is 22.9 Å². The molecule has 1 N–H and O–H groups in total. The van der Waals surface area contributed by atoms with Crippen molar-refractivity contribution in [1.29, 1.82) is 0 Å². The summed E-state index contributed by atoms with van der Waals surface area (Å²) in [6.07, 6.45) is 3.94. The van der Waals surface area contributed by atoms with Crippen LogP contribution >= 0.6 is 11.8 Å². The molecule has 4 rings (SSSR count). The van der Waals surface area contributed by atoms with Crippen LogP contribution in [0.5, 0.6) is 0 Å². The minimum absolute atomic E-state index is 0.0463. The molecular weight excluding hydrogens is 346 g/mol. The molecule has 2 aromatic rings. The number of benzene rings is 1. The van der Waals surface area contributed by atoms with E-state index in [0.717, 1.165) is 17.9 Å². The molecule has 1 fully saturated rings. The quantitative estimate of drug-likeness (QED) is 0.822. The van der Waals surface area contributed by atoms with E-state index in [4.69, 9.17) is 0 Å². The average Bonchev–Trinajstić information content (AvgIpc) is 3.23. The lowest BCUT2D eigenvalue weighted by molar-refractivity contribution is -0.129. The molecule has 1 aliphatic carbocycles. The van der Waals surface area contributed by atoms with Crippen molar-refractivity contribution in [2.75, 3.05) is 12.3 Å². The first-order chi connectivity index (χ1) is 12.7. The number of fused-ring (bicyclic) bond motifs is 1. The van der Waals surface area contributed by atoms with E-state index in [-0.39, 0.29) is 23.9 Å². The van der Waals surface area contributed by atoms with Crippen molar-refractivity contribution in [2.24, 2.45) is 0 Å². The zero-order valence-corrected chi connectivity index (χ0v) is 15.2. The predicted octanol–water partition coefficient (Wildman–Crippen LogP) is 2.06. The van der Waals surface area contributed by atoms with Gasteiger partial charge in [0.2, 0.25) is 11.8 Å². The van der Waals surface area contributed by atoms with E-state index < -0.39 is 0 Å². The fourth-order valence-electron chi connectivity index (χ4n) is 3.78. The van der Waals surface area contributed by atoms with Gasteiger partial charge in [0, 0.05) is 25.2 Å². The highest BCUT2D eigenvalue weighted by Gasteiger charge is 2.37. The summed E-state index contributed by atoms with van der Waals surface area (Å²) >= 11 is 1.41. The van der Waals surface area contributed by atoms with Crippen molar-refractivity contribution in [3.05, 3.63) is 59.8 Å². The Kier molecular flexibility index (Phi) is 4.93. The lowest BCUT2D eigenvalue weighted by Gasteiger charge is -2.24. The van der Waals surface area contributed by atoms with Gasteiger partial charge in [0.05, 0.1) is 16.8 Å². The molecule has 6 heteroatoms. The molecule has 26 heavy (non-hydrogen) atoms. The van der Waals surface area contributed by atoms with E-state index >= 15 is 0 Å². The molecule has 1 aromatic carbocycles. The lowest BCUT2D eigenvalue weighted by Crippen LogP contribution is -2.41. The molecule has 1 saturated heterocycles. The molecule has 0 spiro atoms. The lowest BCUT2D eigenvalue weighted by atomic mass is 10.1. The summed E-state index contributed by atoms with van der Waals surface area (Å²) in [7, 11) is 0. The summed E-state index contributed by atoms with van der Waals surface area (Å²) in [6, 6.07) is 14.2. The van der Waals surface area contributed by atoms with Crippen LogP contribution < -0.4 is 5.32 Å². The number of nitrogens with zero attached hydrogens (tertiary/aromatic N) is 2. The predicted molar refractivity (Wildman–Crippen MR) is 101 cm³/mol. The van der Waals surface area contributed by atoms with E-state index in [1.54, 1.807) is 6.20 Å². The number of pyridine rings is 1. The highest BCUT2D eigenvalue weighted by molar-refractivity contribution is 7.99. The van der Waals surface area contributed by atoms with Gasteiger partial charge in [-0.05, 0) is 36.1 Å². The Morgan fingerprint density at radius 3 is 2.54 bits per heavy atom. The van der Waals surface area contributed by atoms with Gasteiger partial charge in [0.15, 0.2) is 0 Å². The van der Waals surface area contributed by atoms with Gasteiger partial charge in [-0.2, -0.15) is 0 Å². The molecule has 0 saturated carbocycles. The van der Waals surface area contributed by atoms with E-state index in [0.29, 0.717) is 18.7 Å². The highest BCUT2D eigenvalue weighted by Crippen LogP contribution is 2.28. The Hall–Kier alpha value is -2.34. The number of thioether (sulfide) groups is 1. The van der Waals surface area contributed by atoms with Crippen LogP contribution in [0, 0.1) is 0 Å². The number of amides is 2. The minimum atomic E-state index is -0.0944. The minimum Gasteiger partial charge on any atom is -0.350 e. The zero-order chi connectivity index (χ0) is 17.9. The van der Waals surface area contributed by atoms with Crippen LogP contribution in [0.15, 0.2) is 53.7 Å². The van der Waals surface area contributed by atoms with Crippen LogP contribution in [0.3, 0.4) is 0 Å². The standard InChI is InChI=1S/C20H21N3O2S/c24-18(13-26-19-7-3-4-8-21-19)22-16-11-20(25)23(12-16)17-9-14-5-1-2-6-15(14)10-17/h1-8,16-17H,9-13H2,(H,22,24). The monoisotopic (exact) mass is 367 g/mol. The van der Waals surface area contributed by atoms with Crippen LogP contribution in [0.1, 0.15) is 17.5 Å². The first-order valence-corrected chi connectivity index (χ1v) is 9.87. The van der Waals surface area contributed by atoms with Crippen LogP contribution in [0.25, 0.3) is 0 Å².